The number of halogens is 2. The number of hydrogen-bond acceptors (Lipinski definition) is 4. The van der Waals surface area contributed by atoms with Gasteiger partial charge >= 0.3 is 6.03 Å². The van der Waals surface area contributed by atoms with E-state index in [4.69, 9.17) is 11.6 Å². The van der Waals surface area contributed by atoms with Crippen molar-refractivity contribution in [3.63, 3.8) is 0 Å². The molecule has 210 valence electrons. The summed E-state index contributed by atoms with van der Waals surface area (Å²) in [6.45, 7) is 6.45. The van der Waals surface area contributed by atoms with Gasteiger partial charge in [0.1, 0.15) is 12.4 Å². The van der Waals surface area contributed by atoms with Gasteiger partial charge in [-0.3, -0.25) is 9.59 Å². The fourth-order valence-corrected chi connectivity index (χ4v) is 5.29. The number of rotatable bonds is 8. The molecule has 4 rings (SSSR count). The van der Waals surface area contributed by atoms with E-state index in [1.807, 2.05) is 26.0 Å². The molecule has 0 radical (unpaired) electrons. The van der Waals surface area contributed by atoms with Gasteiger partial charge in [0.05, 0.1) is 10.7 Å². The highest BCUT2D eigenvalue weighted by Crippen LogP contribution is 2.29. The fourth-order valence-electron chi connectivity index (χ4n) is 5.13. The SMILES string of the molecule is CC(C)NC(=O)N1CCN(c2ccc(Cl)c(NC(=O)CN(Cc3ccc(F)cc3)C(=O)C3CCCC3)c2)CC1. The second kappa shape index (κ2) is 13.2. The lowest BCUT2D eigenvalue weighted by molar-refractivity contribution is -0.138. The Morgan fingerprint density at radius 1 is 1.03 bits per heavy atom. The maximum Gasteiger partial charge on any atom is 0.317 e. The minimum atomic E-state index is -0.349. The molecule has 0 bridgehead atoms. The first kappa shape index (κ1) is 28.7. The van der Waals surface area contributed by atoms with Crippen molar-refractivity contribution in [2.24, 2.45) is 5.92 Å². The van der Waals surface area contributed by atoms with Crippen molar-refractivity contribution < 1.29 is 18.8 Å². The van der Waals surface area contributed by atoms with Crippen LogP contribution in [0.2, 0.25) is 5.02 Å². The molecule has 1 saturated carbocycles. The molecule has 1 saturated heterocycles. The van der Waals surface area contributed by atoms with E-state index < -0.39 is 0 Å². The largest absolute Gasteiger partial charge is 0.368 e. The molecule has 2 fully saturated rings. The standard InChI is InChI=1S/C29H37ClFN5O3/c1-20(2)32-29(39)35-15-13-34(14-16-35)24-11-12-25(30)26(17-24)33-27(37)19-36(28(38)22-5-3-4-6-22)18-21-7-9-23(31)10-8-21/h7-12,17,20,22H,3-6,13-16,18-19H2,1-2H3,(H,32,39)(H,33,37). The number of nitrogens with one attached hydrogen (secondary N) is 2. The summed E-state index contributed by atoms with van der Waals surface area (Å²) in [5.41, 5.74) is 2.12. The molecule has 4 amide bonds. The van der Waals surface area contributed by atoms with Gasteiger partial charge in [0.15, 0.2) is 0 Å². The van der Waals surface area contributed by atoms with Gasteiger partial charge in [-0.2, -0.15) is 0 Å². The Balaban J connectivity index is 1.40. The van der Waals surface area contributed by atoms with Crippen LogP contribution in [-0.4, -0.2) is 66.4 Å². The zero-order valence-corrected chi connectivity index (χ0v) is 23.3. The van der Waals surface area contributed by atoms with E-state index in [9.17, 15) is 18.8 Å². The van der Waals surface area contributed by atoms with Crippen molar-refractivity contribution in [2.75, 3.05) is 42.9 Å². The van der Waals surface area contributed by atoms with Gasteiger partial charge in [0, 0.05) is 50.4 Å². The number of amides is 4. The van der Waals surface area contributed by atoms with Crippen LogP contribution in [0.25, 0.3) is 0 Å². The van der Waals surface area contributed by atoms with Gasteiger partial charge in [0.25, 0.3) is 0 Å². The van der Waals surface area contributed by atoms with Crippen LogP contribution in [0.1, 0.15) is 45.1 Å². The summed E-state index contributed by atoms with van der Waals surface area (Å²) in [6, 6.07) is 11.5. The van der Waals surface area contributed by atoms with Crippen molar-refractivity contribution in [1.82, 2.24) is 15.1 Å². The first-order valence-electron chi connectivity index (χ1n) is 13.6. The molecule has 0 aromatic heterocycles. The number of piperazine rings is 1. The van der Waals surface area contributed by atoms with Gasteiger partial charge in [-0.05, 0) is 62.6 Å². The number of urea groups is 1. The molecular weight excluding hydrogens is 521 g/mol. The molecule has 0 unspecified atom stereocenters. The maximum absolute atomic E-state index is 13.4. The third-order valence-corrected chi connectivity index (χ3v) is 7.54. The lowest BCUT2D eigenvalue weighted by atomic mass is 10.1. The smallest absolute Gasteiger partial charge is 0.317 e. The molecule has 1 aliphatic heterocycles. The van der Waals surface area contributed by atoms with Crippen molar-refractivity contribution >= 4 is 40.8 Å². The second-order valence-electron chi connectivity index (χ2n) is 10.6. The van der Waals surface area contributed by atoms with E-state index in [-0.39, 0.29) is 48.7 Å². The third-order valence-electron chi connectivity index (χ3n) is 7.21. The second-order valence-corrected chi connectivity index (χ2v) is 11.0. The highest BCUT2D eigenvalue weighted by atomic mass is 35.5. The van der Waals surface area contributed by atoms with E-state index >= 15 is 0 Å². The topological polar surface area (TPSA) is 85.0 Å². The van der Waals surface area contributed by atoms with Crippen LogP contribution in [0.4, 0.5) is 20.6 Å². The number of nitrogens with zero attached hydrogens (tertiary/aromatic N) is 3. The van der Waals surface area contributed by atoms with Crippen LogP contribution in [-0.2, 0) is 16.1 Å². The first-order valence-corrected chi connectivity index (χ1v) is 14.0. The van der Waals surface area contributed by atoms with Gasteiger partial charge in [-0.15, -0.1) is 0 Å². The van der Waals surface area contributed by atoms with Gasteiger partial charge in [0.2, 0.25) is 11.8 Å². The Hall–Kier alpha value is -3.33. The zero-order valence-electron chi connectivity index (χ0n) is 22.6. The van der Waals surface area contributed by atoms with E-state index in [1.165, 1.54) is 12.1 Å². The molecule has 39 heavy (non-hydrogen) atoms. The number of carbonyl (C=O) groups excluding carboxylic acids is 3. The summed E-state index contributed by atoms with van der Waals surface area (Å²) in [6.07, 6.45) is 3.65. The van der Waals surface area contributed by atoms with E-state index in [0.29, 0.717) is 36.9 Å². The van der Waals surface area contributed by atoms with Gasteiger partial charge in [-0.1, -0.05) is 36.6 Å². The molecule has 1 heterocycles. The molecule has 2 aliphatic rings. The highest BCUT2D eigenvalue weighted by Gasteiger charge is 2.29. The van der Waals surface area contributed by atoms with Crippen LogP contribution < -0.4 is 15.5 Å². The Morgan fingerprint density at radius 2 is 1.69 bits per heavy atom. The van der Waals surface area contributed by atoms with Crippen LogP contribution in [0.3, 0.4) is 0 Å². The van der Waals surface area contributed by atoms with Gasteiger partial charge in [-0.25, -0.2) is 9.18 Å². The Labute approximate surface area is 234 Å². The van der Waals surface area contributed by atoms with Crippen LogP contribution >= 0.6 is 11.6 Å². The summed E-state index contributed by atoms with van der Waals surface area (Å²) in [5.74, 6) is -0.838. The molecule has 1 aliphatic carbocycles. The molecule has 0 spiro atoms. The predicted octanol–water partition coefficient (Wildman–Crippen LogP) is 4.88. The molecule has 10 heteroatoms. The minimum absolute atomic E-state index is 0.0498. The van der Waals surface area contributed by atoms with Gasteiger partial charge < -0.3 is 25.3 Å². The monoisotopic (exact) mass is 557 g/mol. The number of carbonyl (C=O) groups is 3. The molecule has 2 aromatic rings. The normalized spacial score (nSPS) is 15.9. The molecular formula is C29H37ClFN5O3. The summed E-state index contributed by atoms with van der Waals surface area (Å²) >= 11 is 6.43. The average molecular weight is 558 g/mol. The highest BCUT2D eigenvalue weighted by molar-refractivity contribution is 6.33. The summed E-state index contributed by atoms with van der Waals surface area (Å²) in [4.78, 5) is 44.2. The number of anilines is 2. The molecule has 2 N–H and O–H groups in total. The predicted molar refractivity (Wildman–Crippen MR) is 151 cm³/mol. The lowest BCUT2D eigenvalue weighted by Crippen LogP contribution is -2.52. The quantitative estimate of drug-likeness (QED) is 0.485. The number of benzene rings is 2. The van der Waals surface area contributed by atoms with Crippen molar-refractivity contribution in [3.8, 4) is 0 Å². The summed E-state index contributed by atoms with van der Waals surface area (Å²) in [7, 11) is 0. The molecule has 2 aromatic carbocycles. The minimum Gasteiger partial charge on any atom is -0.368 e. The van der Waals surface area contributed by atoms with Crippen LogP contribution in [0.5, 0.6) is 0 Å². The van der Waals surface area contributed by atoms with Crippen molar-refractivity contribution in [2.45, 2.75) is 52.1 Å². The first-order chi connectivity index (χ1) is 18.7. The van der Waals surface area contributed by atoms with Crippen LogP contribution in [0.15, 0.2) is 42.5 Å². The molecule has 8 nitrogen and oxygen atoms in total. The number of hydrogen-bond donors (Lipinski definition) is 2. The summed E-state index contributed by atoms with van der Waals surface area (Å²) in [5, 5.41) is 6.20. The van der Waals surface area contributed by atoms with E-state index in [1.54, 1.807) is 28.0 Å². The Kier molecular flexibility index (Phi) is 9.67. The fraction of sp³-hybridized carbons (Fsp3) is 0.483. The average Bonchev–Trinajstić information content (AvgIpc) is 3.45. The Bertz CT molecular complexity index is 1160. The van der Waals surface area contributed by atoms with Crippen molar-refractivity contribution in [3.05, 3.63) is 58.9 Å². The maximum atomic E-state index is 13.4. The lowest BCUT2D eigenvalue weighted by Gasteiger charge is -2.36. The van der Waals surface area contributed by atoms with E-state index in [0.717, 1.165) is 36.9 Å². The summed E-state index contributed by atoms with van der Waals surface area (Å²) < 4.78 is 13.4. The zero-order chi connectivity index (χ0) is 27.9. The third kappa shape index (κ3) is 7.85. The van der Waals surface area contributed by atoms with E-state index in [2.05, 4.69) is 15.5 Å². The van der Waals surface area contributed by atoms with Crippen LogP contribution in [0, 0.1) is 11.7 Å². The Morgan fingerprint density at radius 3 is 2.33 bits per heavy atom. The molecule has 0 atom stereocenters. The van der Waals surface area contributed by atoms with Crippen molar-refractivity contribution in [1.29, 1.82) is 0 Å².